The van der Waals surface area contributed by atoms with Crippen molar-refractivity contribution in [1.29, 1.82) is 0 Å². The van der Waals surface area contributed by atoms with E-state index in [0.29, 0.717) is 6.54 Å². The molecule has 2 aromatic rings. The molecule has 0 radical (unpaired) electrons. The number of hydrogen-bond donors (Lipinski definition) is 2. The van der Waals surface area contributed by atoms with Crippen LogP contribution in [0.3, 0.4) is 0 Å². The molecule has 2 N–H and O–H groups in total. The van der Waals surface area contributed by atoms with Gasteiger partial charge in [-0.15, -0.1) is 0 Å². The molecule has 1 aliphatic rings. The summed E-state index contributed by atoms with van der Waals surface area (Å²) in [6, 6.07) is 5.42. The second-order valence-corrected chi connectivity index (χ2v) is 6.89. The van der Waals surface area contributed by atoms with Crippen molar-refractivity contribution in [1.82, 2.24) is 14.4 Å². The summed E-state index contributed by atoms with van der Waals surface area (Å²) in [6.45, 7) is 9.83. The van der Waals surface area contributed by atoms with Gasteiger partial charge in [0.25, 0.3) is 0 Å². The fourth-order valence-corrected chi connectivity index (χ4v) is 3.44. The van der Waals surface area contributed by atoms with E-state index in [1.165, 1.54) is 11.4 Å². The zero-order valence-corrected chi connectivity index (χ0v) is 15.4. The van der Waals surface area contributed by atoms with Gasteiger partial charge in [0.05, 0.1) is 6.54 Å². The van der Waals surface area contributed by atoms with Crippen LogP contribution in [0.1, 0.15) is 22.9 Å². The Hall–Kier alpha value is -2.09. The highest BCUT2D eigenvalue weighted by atomic mass is 16.4. The summed E-state index contributed by atoms with van der Waals surface area (Å²) >= 11 is 0. The van der Waals surface area contributed by atoms with E-state index in [1.807, 2.05) is 0 Å². The van der Waals surface area contributed by atoms with Crippen LogP contribution in [0.15, 0.2) is 27.4 Å². The van der Waals surface area contributed by atoms with Crippen LogP contribution in [-0.2, 0) is 19.7 Å². The van der Waals surface area contributed by atoms with Crippen molar-refractivity contribution >= 4 is 0 Å². The van der Waals surface area contributed by atoms with E-state index >= 15 is 0 Å². The summed E-state index contributed by atoms with van der Waals surface area (Å²) in [6.07, 6.45) is 0. The summed E-state index contributed by atoms with van der Waals surface area (Å²) < 4.78 is 7.76. The average Bonchev–Trinajstić information content (AvgIpc) is 2.96. The average molecular weight is 361 g/mol. The topological polar surface area (TPSA) is 82.1 Å². The number of aromatic nitrogens is 1. The normalized spacial score (nSPS) is 16.3. The molecule has 7 heteroatoms. The van der Waals surface area contributed by atoms with Crippen molar-refractivity contribution in [3.63, 3.8) is 0 Å². The van der Waals surface area contributed by atoms with Gasteiger partial charge in [-0.3, -0.25) is 14.6 Å². The molecule has 0 atom stereocenters. The van der Waals surface area contributed by atoms with Crippen molar-refractivity contribution in [3.05, 3.63) is 51.3 Å². The first-order valence-corrected chi connectivity index (χ1v) is 9.01. The number of piperazine rings is 1. The summed E-state index contributed by atoms with van der Waals surface area (Å²) in [7, 11) is 0. The molecule has 0 spiro atoms. The molecule has 3 rings (SSSR count). The van der Waals surface area contributed by atoms with Crippen molar-refractivity contribution in [2.24, 2.45) is 0 Å². The Morgan fingerprint density at radius 1 is 1.04 bits per heavy atom. The quantitative estimate of drug-likeness (QED) is 0.801. The number of hydrogen-bond acceptors (Lipinski definition) is 6. The summed E-state index contributed by atoms with van der Waals surface area (Å²) in [5.74, 6) is 0.0516. The minimum atomic E-state index is -0.508. The van der Waals surface area contributed by atoms with Crippen molar-refractivity contribution in [2.45, 2.75) is 33.5 Å². The predicted molar refractivity (Wildman–Crippen MR) is 98.2 cm³/mol. The predicted octanol–water partition coefficient (Wildman–Crippen LogP) is 1.07. The lowest BCUT2D eigenvalue weighted by Gasteiger charge is -2.34. The number of aryl methyl sites for hydroxylation is 2. The Kier molecular flexibility index (Phi) is 5.80. The Labute approximate surface area is 153 Å². The number of aliphatic hydroxyl groups excluding tert-OH is 1. The molecule has 26 heavy (non-hydrogen) atoms. The molecule has 2 aromatic heterocycles. The van der Waals surface area contributed by atoms with E-state index in [4.69, 9.17) is 9.52 Å². The van der Waals surface area contributed by atoms with Gasteiger partial charge in [-0.25, -0.2) is 0 Å². The van der Waals surface area contributed by atoms with Gasteiger partial charge < -0.3 is 19.2 Å². The highest BCUT2D eigenvalue weighted by Crippen LogP contribution is 2.17. The Morgan fingerprint density at radius 2 is 1.65 bits per heavy atom. The third-order valence-electron chi connectivity index (χ3n) is 5.09. The number of aliphatic hydroxyl groups is 1. The van der Waals surface area contributed by atoms with Gasteiger partial charge >= 0.3 is 0 Å². The third-order valence-corrected chi connectivity index (χ3v) is 5.09. The van der Waals surface area contributed by atoms with Crippen LogP contribution in [0.2, 0.25) is 0 Å². The van der Waals surface area contributed by atoms with Crippen LogP contribution in [0, 0.1) is 13.8 Å². The molecule has 1 fully saturated rings. The van der Waals surface area contributed by atoms with Crippen LogP contribution >= 0.6 is 0 Å². The smallest absolute Gasteiger partial charge is 0.227 e. The van der Waals surface area contributed by atoms with Gasteiger partial charge in [-0.2, -0.15) is 0 Å². The Morgan fingerprint density at radius 3 is 2.27 bits per heavy atom. The highest BCUT2D eigenvalue weighted by Gasteiger charge is 2.20. The van der Waals surface area contributed by atoms with Gasteiger partial charge in [-0.1, -0.05) is 0 Å². The largest absolute Gasteiger partial charge is 0.502 e. The first-order valence-electron chi connectivity index (χ1n) is 9.01. The van der Waals surface area contributed by atoms with Crippen LogP contribution < -0.4 is 5.43 Å². The van der Waals surface area contributed by atoms with Gasteiger partial charge in [0.1, 0.15) is 12.4 Å². The van der Waals surface area contributed by atoms with Crippen molar-refractivity contribution in [3.8, 4) is 5.75 Å². The van der Waals surface area contributed by atoms with E-state index in [-0.39, 0.29) is 23.9 Å². The maximum atomic E-state index is 11.7. The lowest BCUT2D eigenvalue weighted by Crippen LogP contribution is -2.46. The fraction of sp³-hybridized carbons (Fsp3) is 0.526. The van der Waals surface area contributed by atoms with E-state index in [2.05, 4.69) is 40.3 Å². The number of nitrogens with zero attached hydrogens (tertiary/aromatic N) is 3. The molecule has 1 aliphatic heterocycles. The highest BCUT2D eigenvalue weighted by molar-refractivity contribution is 5.24. The molecule has 1 saturated heterocycles. The third kappa shape index (κ3) is 4.17. The van der Waals surface area contributed by atoms with Crippen molar-refractivity contribution in [2.75, 3.05) is 32.7 Å². The maximum absolute atomic E-state index is 11.7. The molecule has 0 aliphatic carbocycles. The summed E-state index contributed by atoms with van der Waals surface area (Å²) in [5, 5.41) is 19.1. The Bertz CT molecular complexity index is 784. The Balaban J connectivity index is 1.53. The van der Waals surface area contributed by atoms with Gasteiger partial charge in [-0.05, 0) is 26.0 Å². The van der Waals surface area contributed by atoms with Crippen LogP contribution in [0.4, 0.5) is 0 Å². The van der Waals surface area contributed by atoms with Gasteiger partial charge in [0.2, 0.25) is 11.2 Å². The summed E-state index contributed by atoms with van der Waals surface area (Å²) in [4.78, 5) is 16.3. The maximum Gasteiger partial charge on any atom is 0.227 e. The molecule has 3 heterocycles. The molecule has 142 valence electrons. The summed E-state index contributed by atoms with van der Waals surface area (Å²) in [5.41, 5.74) is 2.07. The van der Waals surface area contributed by atoms with Gasteiger partial charge in [0, 0.05) is 56.7 Å². The molecule has 0 amide bonds. The number of rotatable bonds is 6. The van der Waals surface area contributed by atoms with Crippen LogP contribution in [0.25, 0.3) is 0 Å². The second kappa shape index (κ2) is 8.07. The lowest BCUT2D eigenvalue weighted by atomic mass is 10.2. The van der Waals surface area contributed by atoms with E-state index < -0.39 is 5.43 Å². The van der Waals surface area contributed by atoms with Crippen LogP contribution in [0.5, 0.6) is 5.75 Å². The van der Waals surface area contributed by atoms with Gasteiger partial charge in [0.15, 0.2) is 5.76 Å². The molecule has 0 saturated carbocycles. The zero-order chi connectivity index (χ0) is 18.7. The SMILES string of the molecule is Cc1ccc(C)n1CCN1CCN(Cc2oc(CO)cc(=O)c2O)CC1. The van der Waals surface area contributed by atoms with E-state index in [0.717, 1.165) is 45.3 Å². The van der Waals surface area contributed by atoms with Crippen molar-refractivity contribution < 1.29 is 14.6 Å². The van der Waals surface area contributed by atoms with E-state index in [1.54, 1.807) is 0 Å². The first-order chi connectivity index (χ1) is 12.5. The van der Waals surface area contributed by atoms with Crippen LogP contribution in [-0.4, -0.2) is 57.3 Å². The standard InChI is InChI=1S/C19H27N3O4/c1-14-3-4-15(2)22(14)10-9-20-5-7-21(8-6-20)12-18-19(25)17(24)11-16(13-23)26-18/h3-4,11,23,25H,5-10,12-13H2,1-2H3. The fourth-order valence-electron chi connectivity index (χ4n) is 3.44. The molecule has 0 aromatic carbocycles. The first kappa shape index (κ1) is 18.7. The molecule has 0 unspecified atom stereocenters. The molecule has 7 nitrogen and oxygen atoms in total. The molecular weight excluding hydrogens is 334 g/mol. The van der Waals surface area contributed by atoms with E-state index in [9.17, 15) is 9.90 Å². The minimum absolute atomic E-state index is 0.180. The monoisotopic (exact) mass is 361 g/mol. The lowest BCUT2D eigenvalue weighted by molar-refractivity contribution is 0.114. The molecule has 0 bridgehead atoms. The minimum Gasteiger partial charge on any atom is -0.502 e. The number of aromatic hydroxyl groups is 1. The zero-order valence-electron chi connectivity index (χ0n) is 15.4. The second-order valence-electron chi connectivity index (χ2n) is 6.89. The molecular formula is C19H27N3O4.